The molecule has 3 N–H and O–H groups in total. The SMILES string of the molecule is O=C(C[NH+]1CCN(c2ccc(O)cc2)CC1)N1CCN(c2ccc(O)cc2)CC1. The van der Waals surface area contributed by atoms with Crippen LogP contribution in [0.15, 0.2) is 48.5 Å². The van der Waals surface area contributed by atoms with Gasteiger partial charge in [-0.1, -0.05) is 0 Å². The van der Waals surface area contributed by atoms with E-state index in [2.05, 4.69) is 9.80 Å². The van der Waals surface area contributed by atoms with Crippen LogP contribution in [0, 0.1) is 0 Å². The highest BCUT2D eigenvalue weighted by molar-refractivity contribution is 5.77. The Balaban J connectivity index is 1.22. The average molecular weight is 397 g/mol. The first-order chi connectivity index (χ1) is 14.1. The molecule has 0 aliphatic carbocycles. The number of aromatic hydroxyl groups is 2. The Morgan fingerprint density at radius 3 is 1.66 bits per heavy atom. The fourth-order valence-electron chi connectivity index (χ4n) is 4.12. The lowest BCUT2D eigenvalue weighted by Crippen LogP contribution is -3.16. The minimum absolute atomic E-state index is 0.239. The molecule has 2 heterocycles. The van der Waals surface area contributed by atoms with Crippen LogP contribution in [-0.4, -0.2) is 79.9 Å². The van der Waals surface area contributed by atoms with E-state index in [0.717, 1.165) is 63.7 Å². The van der Waals surface area contributed by atoms with Gasteiger partial charge in [-0.05, 0) is 48.5 Å². The van der Waals surface area contributed by atoms with Crippen LogP contribution < -0.4 is 14.7 Å². The second-order valence-corrected chi connectivity index (χ2v) is 7.81. The van der Waals surface area contributed by atoms with Crippen LogP contribution in [0.4, 0.5) is 11.4 Å². The van der Waals surface area contributed by atoms with E-state index in [1.807, 2.05) is 29.2 Å². The standard InChI is InChI=1S/C22H28N4O3/c27-20-5-1-18(2-6-20)24-11-9-23(10-12-24)17-22(29)26-15-13-25(14-16-26)19-3-7-21(28)8-4-19/h1-8,27-28H,9-17H2/p+1. The van der Waals surface area contributed by atoms with Crippen LogP contribution >= 0.6 is 0 Å². The molecule has 0 spiro atoms. The Kier molecular flexibility index (Phi) is 5.76. The summed E-state index contributed by atoms with van der Waals surface area (Å²) >= 11 is 0. The number of benzene rings is 2. The zero-order valence-electron chi connectivity index (χ0n) is 16.6. The molecule has 7 nitrogen and oxygen atoms in total. The maximum Gasteiger partial charge on any atom is 0.277 e. The van der Waals surface area contributed by atoms with Crippen molar-refractivity contribution in [1.82, 2.24) is 4.90 Å². The van der Waals surface area contributed by atoms with Crippen molar-refractivity contribution in [2.45, 2.75) is 0 Å². The number of quaternary nitrogens is 1. The van der Waals surface area contributed by atoms with Gasteiger partial charge in [-0.25, -0.2) is 0 Å². The number of phenolic OH excluding ortho intramolecular Hbond substituents is 2. The highest BCUT2D eigenvalue weighted by Gasteiger charge is 2.27. The number of piperazine rings is 2. The third-order valence-corrected chi connectivity index (χ3v) is 5.93. The molecule has 0 bridgehead atoms. The predicted molar refractivity (Wildman–Crippen MR) is 113 cm³/mol. The second-order valence-electron chi connectivity index (χ2n) is 7.81. The number of carbonyl (C=O) groups excluding carboxylic acids is 1. The van der Waals surface area contributed by atoms with E-state index < -0.39 is 0 Å². The van der Waals surface area contributed by atoms with Gasteiger partial charge in [0.2, 0.25) is 0 Å². The first kappa shape index (κ1) is 19.4. The quantitative estimate of drug-likeness (QED) is 0.685. The van der Waals surface area contributed by atoms with Crippen LogP contribution in [0.5, 0.6) is 11.5 Å². The van der Waals surface area contributed by atoms with Gasteiger partial charge in [0.25, 0.3) is 5.91 Å². The summed E-state index contributed by atoms with van der Waals surface area (Å²) in [4.78, 5) is 20.6. The number of anilines is 2. The average Bonchev–Trinajstić information content (AvgIpc) is 2.76. The molecule has 2 aromatic carbocycles. The Bertz CT molecular complexity index is 809. The molecule has 0 atom stereocenters. The van der Waals surface area contributed by atoms with Crippen molar-refractivity contribution >= 4 is 17.3 Å². The van der Waals surface area contributed by atoms with Gasteiger partial charge in [-0.15, -0.1) is 0 Å². The molecular formula is C22H29N4O3+. The third kappa shape index (κ3) is 4.74. The lowest BCUT2D eigenvalue weighted by molar-refractivity contribution is -0.892. The second kappa shape index (κ2) is 8.61. The monoisotopic (exact) mass is 397 g/mol. The van der Waals surface area contributed by atoms with Crippen LogP contribution in [0.2, 0.25) is 0 Å². The molecule has 2 fully saturated rings. The normalized spacial score (nSPS) is 18.1. The maximum absolute atomic E-state index is 12.8. The Hall–Kier alpha value is -2.93. The summed E-state index contributed by atoms with van der Waals surface area (Å²) in [5, 5.41) is 18.9. The molecule has 1 amide bonds. The van der Waals surface area contributed by atoms with Crippen molar-refractivity contribution in [3.05, 3.63) is 48.5 Å². The van der Waals surface area contributed by atoms with Crippen molar-refractivity contribution < 1.29 is 19.9 Å². The molecule has 154 valence electrons. The molecule has 0 saturated carbocycles. The molecule has 2 aliphatic heterocycles. The van der Waals surface area contributed by atoms with Crippen molar-refractivity contribution in [2.24, 2.45) is 0 Å². The van der Waals surface area contributed by atoms with Gasteiger partial charge in [0.05, 0.1) is 26.2 Å². The number of nitrogens with zero attached hydrogens (tertiary/aromatic N) is 3. The van der Waals surface area contributed by atoms with E-state index in [4.69, 9.17) is 0 Å². The van der Waals surface area contributed by atoms with Gasteiger partial charge in [0, 0.05) is 37.6 Å². The smallest absolute Gasteiger partial charge is 0.277 e. The van der Waals surface area contributed by atoms with Crippen molar-refractivity contribution in [3.8, 4) is 11.5 Å². The first-order valence-electron chi connectivity index (χ1n) is 10.3. The van der Waals surface area contributed by atoms with Gasteiger partial charge in [0.1, 0.15) is 11.5 Å². The molecule has 2 saturated heterocycles. The summed E-state index contributed by atoms with van der Waals surface area (Å²) in [6.45, 7) is 7.41. The van der Waals surface area contributed by atoms with Gasteiger partial charge in [0.15, 0.2) is 6.54 Å². The van der Waals surface area contributed by atoms with Gasteiger partial charge >= 0.3 is 0 Å². The molecule has 2 aromatic rings. The summed E-state index contributed by atoms with van der Waals surface area (Å²) < 4.78 is 0. The summed E-state index contributed by atoms with van der Waals surface area (Å²) in [6, 6.07) is 14.6. The lowest BCUT2D eigenvalue weighted by Gasteiger charge is -2.37. The van der Waals surface area contributed by atoms with E-state index in [1.165, 1.54) is 4.90 Å². The highest BCUT2D eigenvalue weighted by Crippen LogP contribution is 2.20. The van der Waals surface area contributed by atoms with Crippen molar-refractivity contribution in [3.63, 3.8) is 0 Å². The van der Waals surface area contributed by atoms with Gasteiger partial charge in [-0.3, -0.25) is 4.79 Å². The van der Waals surface area contributed by atoms with E-state index in [0.29, 0.717) is 6.54 Å². The number of hydrogen-bond donors (Lipinski definition) is 3. The van der Waals surface area contributed by atoms with E-state index in [9.17, 15) is 15.0 Å². The van der Waals surface area contributed by atoms with Crippen LogP contribution in [0.25, 0.3) is 0 Å². The Labute approximate surface area is 171 Å². The fourth-order valence-corrected chi connectivity index (χ4v) is 4.12. The van der Waals surface area contributed by atoms with Gasteiger partial charge < -0.3 is 29.8 Å². The lowest BCUT2D eigenvalue weighted by atomic mass is 10.2. The van der Waals surface area contributed by atoms with E-state index in [1.54, 1.807) is 24.3 Å². The third-order valence-electron chi connectivity index (χ3n) is 5.93. The largest absolute Gasteiger partial charge is 0.508 e. The predicted octanol–water partition coefficient (Wildman–Crippen LogP) is 0.152. The Morgan fingerprint density at radius 2 is 1.17 bits per heavy atom. The zero-order chi connectivity index (χ0) is 20.2. The minimum Gasteiger partial charge on any atom is -0.508 e. The summed E-state index contributed by atoms with van der Waals surface area (Å²) in [7, 11) is 0. The molecule has 29 heavy (non-hydrogen) atoms. The van der Waals surface area contributed by atoms with Crippen molar-refractivity contribution in [1.29, 1.82) is 0 Å². The van der Waals surface area contributed by atoms with E-state index in [-0.39, 0.29) is 17.4 Å². The summed E-state index contributed by atoms with van der Waals surface area (Å²) in [5.74, 6) is 0.800. The number of amides is 1. The molecular weight excluding hydrogens is 368 g/mol. The maximum atomic E-state index is 12.8. The number of hydrogen-bond acceptors (Lipinski definition) is 5. The number of carbonyl (C=O) groups is 1. The molecule has 4 rings (SSSR count). The first-order valence-corrected chi connectivity index (χ1v) is 10.3. The van der Waals surface area contributed by atoms with Gasteiger partial charge in [-0.2, -0.15) is 0 Å². The molecule has 0 aromatic heterocycles. The summed E-state index contributed by atoms with van der Waals surface area (Å²) in [5.41, 5.74) is 2.21. The molecule has 7 heteroatoms. The number of rotatable bonds is 4. The molecule has 0 radical (unpaired) electrons. The van der Waals surface area contributed by atoms with Crippen LogP contribution in [0.1, 0.15) is 0 Å². The number of nitrogens with one attached hydrogen (secondary N) is 1. The zero-order valence-corrected chi connectivity index (χ0v) is 16.6. The van der Waals surface area contributed by atoms with Crippen LogP contribution in [0.3, 0.4) is 0 Å². The topological polar surface area (TPSA) is 71.7 Å². The Morgan fingerprint density at radius 1 is 0.724 bits per heavy atom. The molecule has 2 aliphatic rings. The van der Waals surface area contributed by atoms with Crippen molar-refractivity contribution in [2.75, 3.05) is 68.7 Å². The highest BCUT2D eigenvalue weighted by atomic mass is 16.3. The number of phenols is 2. The van der Waals surface area contributed by atoms with E-state index >= 15 is 0 Å². The summed E-state index contributed by atoms with van der Waals surface area (Å²) in [6.07, 6.45) is 0. The van der Waals surface area contributed by atoms with Crippen LogP contribution in [-0.2, 0) is 4.79 Å². The minimum atomic E-state index is 0.239. The fraction of sp³-hybridized carbons (Fsp3) is 0.409. The molecule has 0 unspecified atom stereocenters.